The number of hydrogen-bond donors (Lipinski definition) is 1. The lowest BCUT2D eigenvalue weighted by Crippen LogP contribution is -2.32. The van der Waals surface area contributed by atoms with Gasteiger partial charge in [0.2, 0.25) is 0 Å². The standard InChI is InChI=1S/C13H21N3O2/c1-5-6-16(9(2)3)12-7-10(13(17)18-4)11(14)8-15-12/h7-9H,5-6,14H2,1-4H3. The predicted octanol–water partition coefficient (Wildman–Crippen LogP) is 2.08. The number of carbonyl (C=O) groups is 1. The van der Waals surface area contributed by atoms with E-state index in [4.69, 9.17) is 10.5 Å². The molecule has 2 N–H and O–H groups in total. The van der Waals surface area contributed by atoms with Gasteiger partial charge in [0.1, 0.15) is 5.82 Å². The van der Waals surface area contributed by atoms with Crippen molar-refractivity contribution in [3.05, 3.63) is 17.8 Å². The summed E-state index contributed by atoms with van der Waals surface area (Å²) in [6, 6.07) is 2.00. The Labute approximate surface area is 108 Å². The molecule has 5 heteroatoms. The number of anilines is 2. The number of esters is 1. The number of nitrogens with two attached hydrogens (primary N) is 1. The Morgan fingerprint density at radius 3 is 2.72 bits per heavy atom. The Kier molecular flexibility index (Phi) is 4.95. The molecule has 0 aliphatic rings. The van der Waals surface area contributed by atoms with E-state index in [1.165, 1.54) is 13.3 Å². The van der Waals surface area contributed by atoms with E-state index in [1.54, 1.807) is 6.07 Å². The number of aromatic nitrogens is 1. The van der Waals surface area contributed by atoms with Gasteiger partial charge in [-0.2, -0.15) is 0 Å². The van der Waals surface area contributed by atoms with Crippen molar-refractivity contribution in [3.8, 4) is 0 Å². The molecule has 1 aromatic rings. The number of hydrogen-bond acceptors (Lipinski definition) is 5. The van der Waals surface area contributed by atoms with Crippen molar-refractivity contribution in [3.63, 3.8) is 0 Å². The minimum absolute atomic E-state index is 0.312. The lowest BCUT2D eigenvalue weighted by Gasteiger charge is -2.27. The van der Waals surface area contributed by atoms with Gasteiger partial charge in [-0.1, -0.05) is 6.92 Å². The molecule has 18 heavy (non-hydrogen) atoms. The second-order valence-electron chi connectivity index (χ2n) is 4.41. The zero-order valence-corrected chi connectivity index (χ0v) is 11.4. The van der Waals surface area contributed by atoms with Crippen LogP contribution in [0.4, 0.5) is 11.5 Å². The van der Waals surface area contributed by atoms with Crippen molar-refractivity contribution in [2.45, 2.75) is 33.2 Å². The van der Waals surface area contributed by atoms with Crippen molar-refractivity contribution < 1.29 is 9.53 Å². The largest absolute Gasteiger partial charge is 0.465 e. The molecule has 0 radical (unpaired) electrons. The highest BCUT2D eigenvalue weighted by atomic mass is 16.5. The second-order valence-corrected chi connectivity index (χ2v) is 4.41. The highest BCUT2D eigenvalue weighted by molar-refractivity contribution is 5.95. The molecule has 0 bridgehead atoms. The maximum absolute atomic E-state index is 11.6. The van der Waals surface area contributed by atoms with E-state index >= 15 is 0 Å². The van der Waals surface area contributed by atoms with Crippen LogP contribution in [0.5, 0.6) is 0 Å². The van der Waals surface area contributed by atoms with Gasteiger partial charge in [-0.25, -0.2) is 9.78 Å². The van der Waals surface area contributed by atoms with Crippen LogP contribution in [0.2, 0.25) is 0 Å². The number of pyridine rings is 1. The molecule has 0 aliphatic carbocycles. The lowest BCUT2D eigenvalue weighted by atomic mass is 10.2. The van der Waals surface area contributed by atoms with Gasteiger partial charge < -0.3 is 15.4 Å². The average Bonchev–Trinajstić information content (AvgIpc) is 2.35. The first-order chi connectivity index (χ1) is 8.51. The van der Waals surface area contributed by atoms with E-state index in [0.717, 1.165) is 18.8 Å². The molecule has 0 saturated carbocycles. The van der Waals surface area contributed by atoms with Gasteiger partial charge in [0.25, 0.3) is 0 Å². The summed E-state index contributed by atoms with van der Waals surface area (Å²) in [4.78, 5) is 18.0. The van der Waals surface area contributed by atoms with Crippen molar-refractivity contribution >= 4 is 17.5 Å². The van der Waals surface area contributed by atoms with Crippen molar-refractivity contribution in [1.29, 1.82) is 0 Å². The molecule has 5 nitrogen and oxygen atoms in total. The number of methoxy groups -OCH3 is 1. The first-order valence-electron chi connectivity index (χ1n) is 6.11. The molecular formula is C13H21N3O2. The number of nitrogen functional groups attached to an aromatic ring is 1. The fourth-order valence-corrected chi connectivity index (χ4v) is 1.78. The second kappa shape index (κ2) is 6.23. The first kappa shape index (κ1) is 14.3. The molecule has 100 valence electrons. The summed E-state index contributed by atoms with van der Waals surface area (Å²) in [5, 5.41) is 0. The van der Waals surface area contributed by atoms with Gasteiger partial charge in [0.05, 0.1) is 24.6 Å². The molecule has 1 aromatic heterocycles. The van der Waals surface area contributed by atoms with E-state index in [9.17, 15) is 4.79 Å². The Morgan fingerprint density at radius 1 is 1.56 bits per heavy atom. The normalized spacial score (nSPS) is 10.5. The van der Waals surface area contributed by atoms with Crippen molar-refractivity contribution in [2.24, 2.45) is 0 Å². The van der Waals surface area contributed by atoms with Crippen LogP contribution in [-0.2, 0) is 4.74 Å². The molecule has 0 atom stereocenters. The summed E-state index contributed by atoms with van der Waals surface area (Å²) in [5.41, 5.74) is 6.44. The lowest BCUT2D eigenvalue weighted by molar-refractivity contribution is 0.0602. The van der Waals surface area contributed by atoms with Gasteiger partial charge in [0.15, 0.2) is 0 Å². The van der Waals surface area contributed by atoms with Crippen LogP contribution >= 0.6 is 0 Å². The molecule has 0 spiro atoms. The average molecular weight is 251 g/mol. The molecule has 0 aromatic carbocycles. The maximum atomic E-state index is 11.6. The van der Waals surface area contributed by atoms with E-state index in [-0.39, 0.29) is 0 Å². The summed E-state index contributed by atoms with van der Waals surface area (Å²) < 4.78 is 4.71. The van der Waals surface area contributed by atoms with Crippen LogP contribution < -0.4 is 10.6 Å². The van der Waals surface area contributed by atoms with E-state index in [2.05, 4.69) is 30.7 Å². The third-order valence-electron chi connectivity index (χ3n) is 2.71. The van der Waals surface area contributed by atoms with Gasteiger partial charge in [-0.15, -0.1) is 0 Å². The zero-order chi connectivity index (χ0) is 13.7. The topological polar surface area (TPSA) is 68.5 Å². The molecule has 0 unspecified atom stereocenters. The molecule has 0 saturated heterocycles. The molecule has 0 amide bonds. The minimum atomic E-state index is -0.434. The molecule has 0 fully saturated rings. The third kappa shape index (κ3) is 3.12. The van der Waals surface area contributed by atoms with Crippen LogP contribution in [-0.4, -0.2) is 30.6 Å². The van der Waals surface area contributed by atoms with Gasteiger partial charge >= 0.3 is 5.97 Å². The summed E-state index contributed by atoms with van der Waals surface area (Å²) in [6.07, 6.45) is 2.52. The van der Waals surface area contributed by atoms with Crippen molar-refractivity contribution in [2.75, 3.05) is 24.3 Å². The van der Waals surface area contributed by atoms with E-state index in [0.29, 0.717) is 17.3 Å². The van der Waals surface area contributed by atoms with Crippen LogP contribution in [0.3, 0.4) is 0 Å². The van der Waals surface area contributed by atoms with Crippen LogP contribution in [0, 0.1) is 0 Å². The van der Waals surface area contributed by atoms with Gasteiger partial charge in [0, 0.05) is 12.6 Å². The fourth-order valence-electron chi connectivity index (χ4n) is 1.78. The maximum Gasteiger partial charge on any atom is 0.340 e. The summed E-state index contributed by atoms with van der Waals surface area (Å²) >= 11 is 0. The van der Waals surface area contributed by atoms with Crippen molar-refractivity contribution in [1.82, 2.24) is 4.98 Å². The van der Waals surface area contributed by atoms with Crippen LogP contribution in [0.1, 0.15) is 37.6 Å². The van der Waals surface area contributed by atoms with E-state index in [1.807, 2.05) is 0 Å². The Bertz CT molecular complexity index is 419. The summed E-state index contributed by atoms with van der Waals surface area (Å²) in [5.74, 6) is 0.317. The van der Waals surface area contributed by atoms with Crippen LogP contribution in [0.25, 0.3) is 0 Å². The predicted molar refractivity (Wildman–Crippen MR) is 72.8 cm³/mol. The molecule has 1 heterocycles. The SMILES string of the molecule is CCCN(c1cc(C(=O)OC)c(N)cn1)C(C)C. The third-order valence-corrected chi connectivity index (χ3v) is 2.71. The van der Waals surface area contributed by atoms with Gasteiger partial charge in [-0.05, 0) is 26.3 Å². The number of carbonyl (C=O) groups excluding carboxylic acids is 1. The monoisotopic (exact) mass is 251 g/mol. The molecular weight excluding hydrogens is 230 g/mol. The zero-order valence-electron chi connectivity index (χ0n) is 11.4. The quantitative estimate of drug-likeness (QED) is 0.811. The number of nitrogens with zero attached hydrogens (tertiary/aromatic N) is 2. The number of ether oxygens (including phenoxy) is 1. The van der Waals surface area contributed by atoms with E-state index < -0.39 is 5.97 Å². The molecule has 0 aliphatic heterocycles. The minimum Gasteiger partial charge on any atom is -0.465 e. The van der Waals surface area contributed by atoms with Gasteiger partial charge in [-0.3, -0.25) is 0 Å². The Morgan fingerprint density at radius 2 is 2.22 bits per heavy atom. The van der Waals surface area contributed by atoms with Crippen LogP contribution in [0.15, 0.2) is 12.3 Å². The Hall–Kier alpha value is -1.78. The summed E-state index contributed by atoms with van der Waals surface area (Å²) in [6.45, 7) is 7.17. The smallest absolute Gasteiger partial charge is 0.340 e. The molecule has 1 rings (SSSR count). The number of rotatable bonds is 5. The highest BCUT2D eigenvalue weighted by Gasteiger charge is 2.16. The Balaban J connectivity index is 3.13. The summed E-state index contributed by atoms with van der Waals surface area (Å²) in [7, 11) is 1.34. The first-order valence-corrected chi connectivity index (χ1v) is 6.11. The highest BCUT2D eigenvalue weighted by Crippen LogP contribution is 2.20. The fraction of sp³-hybridized carbons (Fsp3) is 0.538.